The van der Waals surface area contributed by atoms with Crippen LogP contribution in [0.4, 0.5) is 0 Å². The molecule has 2 N–H and O–H groups in total. The maximum absolute atomic E-state index is 12.5. The second kappa shape index (κ2) is 7.43. The fourth-order valence-corrected chi connectivity index (χ4v) is 2.60. The second-order valence-electron chi connectivity index (χ2n) is 5.34. The highest BCUT2D eigenvalue weighted by molar-refractivity contribution is 5.94. The minimum absolute atomic E-state index is 0.0607. The number of hydrogen-bond acceptors (Lipinski definition) is 4. The Morgan fingerprint density at radius 1 is 1.38 bits per heavy atom. The lowest BCUT2D eigenvalue weighted by molar-refractivity contribution is 0.0121. The number of benzene rings is 1. The largest absolute Gasteiger partial charge is 0.496 e. The van der Waals surface area contributed by atoms with Crippen molar-refractivity contribution in [2.75, 3.05) is 33.4 Å². The van der Waals surface area contributed by atoms with Crippen LogP contribution in [0.15, 0.2) is 18.2 Å². The van der Waals surface area contributed by atoms with E-state index in [4.69, 9.17) is 15.2 Å². The van der Waals surface area contributed by atoms with E-state index in [0.29, 0.717) is 18.7 Å². The van der Waals surface area contributed by atoms with E-state index in [1.54, 1.807) is 7.11 Å². The number of hydrogen-bond donors (Lipinski definition) is 1. The van der Waals surface area contributed by atoms with E-state index in [2.05, 4.69) is 0 Å². The zero-order chi connectivity index (χ0) is 15.2. The van der Waals surface area contributed by atoms with Gasteiger partial charge in [0.05, 0.1) is 19.8 Å². The highest BCUT2D eigenvalue weighted by atomic mass is 16.5. The summed E-state index contributed by atoms with van der Waals surface area (Å²) < 4.78 is 10.9. The van der Waals surface area contributed by atoms with Crippen molar-refractivity contribution in [2.45, 2.75) is 25.9 Å². The number of likely N-dealkylation sites (tertiary alicyclic amines) is 1. The third kappa shape index (κ3) is 3.95. The van der Waals surface area contributed by atoms with Gasteiger partial charge in [0, 0.05) is 25.2 Å². The van der Waals surface area contributed by atoms with Crippen molar-refractivity contribution in [3.05, 3.63) is 29.3 Å². The third-order valence-electron chi connectivity index (χ3n) is 3.86. The number of piperidine rings is 1. The molecule has 5 nitrogen and oxygen atoms in total. The fraction of sp³-hybridized carbons (Fsp3) is 0.562. The van der Waals surface area contributed by atoms with Crippen molar-refractivity contribution >= 4 is 5.91 Å². The molecule has 0 radical (unpaired) electrons. The van der Waals surface area contributed by atoms with E-state index in [0.717, 1.165) is 37.2 Å². The molecule has 0 spiro atoms. The first-order chi connectivity index (χ1) is 10.2. The smallest absolute Gasteiger partial charge is 0.253 e. The summed E-state index contributed by atoms with van der Waals surface area (Å²) in [5.74, 6) is 0.813. The fourth-order valence-electron chi connectivity index (χ4n) is 2.60. The molecule has 0 aliphatic carbocycles. The molecule has 1 fully saturated rings. The molecule has 0 aromatic heterocycles. The molecule has 0 bridgehead atoms. The van der Waals surface area contributed by atoms with E-state index in [1.807, 2.05) is 30.0 Å². The summed E-state index contributed by atoms with van der Waals surface area (Å²) in [4.78, 5) is 14.4. The average molecular weight is 292 g/mol. The first-order valence-corrected chi connectivity index (χ1v) is 7.41. The maximum atomic E-state index is 12.5. The van der Waals surface area contributed by atoms with Crippen molar-refractivity contribution in [3.63, 3.8) is 0 Å². The molecule has 1 amide bonds. The normalized spacial score (nSPS) is 16.0. The number of methoxy groups -OCH3 is 1. The van der Waals surface area contributed by atoms with Gasteiger partial charge in [0.1, 0.15) is 5.75 Å². The van der Waals surface area contributed by atoms with Gasteiger partial charge in [-0.15, -0.1) is 0 Å². The summed E-state index contributed by atoms with van der Waals surface area (Å²) in [6, 6.07) is 5.59. The van der Waals surface area contributed by atoms with Gasteiger partial charge in [0.2, 0.25) is 0 Å². The number of carbonyl (C=O) groups excluding carboxylic acids is 1. The number of nitrogens with two attached hydrogens (primary N) is 1. The van der Waals surface area contributed by atoms with Crippen LogP contribution in [0.2, 0.25) is 0 Å². The molecule has 1 aliphatic heterocycles. The Labute approximate surface area is 126 Å². The number of carbonyl (C=O) groups is 1. The SMILES string of the molecule is COc1cc(C(=O)N2CCC(OCCN)CC2)ccc1C. The van der Waals surface area contributed by atoms with Crippen molar-refractivity contribution in [3.8, 4) is 5.75 Å². The van der Waals surface area contributed by atoms with Crippen LogP contribution >= 0.6 is 0 Å². The molecular formula is C16H24N2O3. The number of rotatable bonds is 5. The number of ether oxygens (including phenoxy) is 2. The Bertz CT molecular complexity index is 482. The first-order valence-electron chi connectivity index (χ1n) is 7.41. The van der Waals surface area contributed by atoms with Crippen LogP contribution in [-0.2, 0) is 4.74 Å². The Kier molecular flexibility index (Phi) is 5.59. The van der Waals surface area contributed by atoms with Crippen LogP contribution in [0, 0.1) is 6.92 Å². The van der Waals surface area contributed by atoms with Crippen LogP contribution in [0.25, 0.3) is 0 Å². The predicted octanol–water partition coefficient (Wildman–Crippen LogP) is 1.58. The molecule has 5 heteroatoms. The minimum atomic E-state index is 0.0607. The second-order valence-corrected chi connectivity index (χ2v) is 5.34. The maximum Gasteiger partial charge on any atom is 0.253 e. The zero-order valence-corrected chi connectivity index (χ0v) is 12.8. The molecule has 1 heterocycles. The van der Waals surface area contributed by atoms with Crippen molar-refractivity contribution in [1.82, 2.24) is 4.90 Å². The van der Waals surface area contributed by atoms with Crippen LogP contribution < -0.4 is 10.5 Å². The summed E-state index contributed by atoms with van der Waals surface area (Å²) in [5.41, 5.74) is 7.15. The molecular weight excluding hydrogens is 268 g/mol. The van der Waals surface area contributed by atoms with Crippen molar-refractivity contribution in [1.29, 1.82) is 0 Å². The highest BCUT2D eigenvalue weighted by Gasteiger charge is 2.24. The van der Waals surface area contributed by atoms with Gasteiger partial charge in [-0.25, -0.2) is 0 Å². The third-order valence-corrected chi connectivity index (χ3v) is 3.86. The van der Waals surface area contributed by atoms with Gasteiger partial charge in [-0.1, -0.05) is 6.07 Å². The molecule has 21 heavy (non-hydrogen) atoms. The molecule has 1 aliphatic rings. The van der Waals surface area contributed by atoms with Gasteiger partial charge in [0.25, 0.3) is 5.91 Å². The Morgan fingerprint density at radius 2 is 2.10 bits per heavy atom. The molecule has 1 saturated heterocycles. The van der Waals surface area contributed by atoms with Gasteiger partial charge in [-0.05, 0) is 37.5 Å². The van der Waals surface area contributed by atoms with Crippen LogP contribution in [-0.4, -0.2) is 50.3 Å². The molecule has 1 aromatic rings. The summed E-state index contributed by atoms with van der Waals surface area (Å²) in [7, 11) is 1.62. The van der Waals surface area contributed by atoms with Gasteiger partial charge in [-0.3, -0.25) is 4.79 Å². The Morgan fingerprint density at radius 3 is 2.71 bits per heavy atom. The number of aryl methyl sites for hydroxylation is 1. The Balaban J connectivity index is 1.95. The van der Waals surface area contributed by atoms with Gasteiger partial charge in [-0.2, -0.15) is 0 Å². The molecule has 116 valence electrons. The summed E-state index contributed by atoms with van der Waals surface area (Å²) in [6.07, 6.45) is 1.97. The van der Waals surface area contributed by atoms with Gasteiger partial charge >= 0.3 is 0 Å². The van der Waals surface area contributed by atoms with Crippen LogP contribution in [0.5, 0.6) is 5.75 Å². The zero-order valence-electron chi connectivity index (χ0n) is 12.8. The number of nitrogens with zero attached hydrogens (tertiary/aromatic N) is 1. The monoisotopic (exact) mass is 292 g/mol. The quantitative estimate of drug-likeness (QED) is 0.895. The lowest BCUT2D eigenvalue weighted by Gasteiger charge is -2.32. The minimum Gasteiger partial charge on any atom is -0.496 e. The molecule has 0 unspecified atom stereocenters. The molecule has 0 saturated carbocycles. The lowest BCUT2D eigenvalue weighted by atomic mass is 10.1. The van der Waals surface area contributed by atoms with Gasteiger partial charge in [0.15, 0.2) is 0 Å². The number of amides is 1. The Hall–Kier alpha value is -1.59. The average Bonchev–Trinajstić information content (AvgIpc) is 2.53. The van der Waals surface area contributed by atoms with E-state index < -0.39 is 0 Å². The van der Waals surface area contributed by atoms with Crippen LogP contribution in [0.1, 0.15) is 28.8 Å². The summed E-state index contributed by atoms with van der Waals surface area (Å²) in [5, 5.41) is 0. The predicted molar refractivity (Wildman–Crippen MR) is 81.7 cm³/mol. The van der Waals surface area contributed by atoms with E-state index >= 15 is 0 Å². The summed E-state index contributed by atoms with van der Waals surface area (Å²) in [6.45, 7) is 4.55. The van der Waals surface area contributed by atoms with E-state index in [1.165, 1.54) is 0 Å². The van der Waals surface area contributed by atoms with Gasteiger partial charge < -0.3 is 20.1 Å². The van der Waals surface area contributed by atoms with E-state index in [9.17, 15) is 4.79 Å². The summed E-state index contributed by atoms with van der Waals surface area (Å²) >= 11 is 0. The molecule has 2 rings (SSSR count). The molecule has 1 aromatic carbocycles. The molecule has 0 atom stereocenters. The highest BCUT2D eigenvalue weighted by Crippen LogP contribution is 2.22. The van der Waals surface area contributed by atoms with Crippen molar-refractivity contribution in [2.24, 2.45) is 5.73 Å². The van der Waals surface area contributed by atoms with E-state index in [-0.39, 0.29) is 12.0 Å². The standard InChI is InChI=1S/C16H24N2O3/c1-12-3-4-13(11-15(12)20-2)16(19)18-8-5-14(6-9-18)21-10-7-17/h3-4,11,14H,5-10,17H2,1-2H3. The first kappa shape index (κ1) is 15.8. The van der Waals surface area contributed by atoms with Crippen molar-refractivity contribution < 1.29 is 14.3 Å². The lowest BCUT2D eigenvalue weighted by Crippen LogP contribution is -2.41. The topological polar surface area (TPSA) is 64.8 Å². The van der Waals surface area contributed by atoms with Crippen LogP contribution in [0.3, 0.4) is 0 Å².